The van der Waals surface area contributed by atoms with Gasteiger partial charge in [-0.1, -0.05) is 38.0 Å². The molecule has 1 aromatic carbocycles. The molecule has 0 aliphatic carbocycles. The van der Waals surface area contributed by atoms with Crippen molar-refractivity contribution >= 4 is 17.5 Å². The Hall–Kier alpha value is -3.37. The van der Waals surface area contributed by atoms with Crippen LogP contribution in [0.2, 0.25) is 0 Å². The van der Waals surface area contributed by atoms with Gasteiger partial charge in [-0.05, 0) is 30.0 Å². The van der Waals surface area contributed by atoms with Crippen molar-refractivity contribution in [1.29, 1.82) is 0 Å². The first-order chi connectivity index (χ1) is 13.9. The molecule has 150 valence electrons. The maximum absolute atomic E-state index is 13.1. The average Bonchev–Trinajstić information content (AvgIpc) is 3.40. The van der Waals surface area contributed by atoms with Gasteiger partial charge in [0.05, 0.1) is 17.6 Å². The zero-order valence-electron chi connectivity index (χ0n) is 16.5. The molecule has 0 saturated carbocycles. The van der Waals surface area contributed by atoms with E-state index in [1.54, 1.807) is 11.1 Å². The van der Waals surface area contributed by atoms with E-state index in [0.717, 1.165) is 16.8 Å². The van der Waals surface area contributed by atoms with Gasteiger partial charge in [0.1, 0.15) is 12.6 Å². The molecule has 0 saturated heterocycles. The first-order valence-corrected chi connectivity index (χ1v) is 9.48. The number of nitrogens with zero attached hydrogens (tertiary/aromatic N) is 2. The fourth-order valence-corrected chi connectivity index (χ4v) is 3.26. The van der Waals surface area contributed by atoms with Crippen LogP contribution in [0.3, 0.4) is 0 Å². The second-order valence-corrected chi connectivity index (χ2v) is 7.18. The van der Waals surface area contributed by atoms with E-state index < -0.39 is 18.6 Å². The number of hydrogen-bond acceptors (Lipinski definition) is 4. The van der Waals surface area contributed by atoms with E-state index in [4.69, 9.17) is 11.5 Å². The summed E-state index contributed by atoms with van der Waals surface area (Å²) in [4.78, 5) is 34.1. The van der Waals surface area contributed by atoms with Crippen molar-refractivity contribution in [3.05, 3.63) is 47.9 Å². The molecule has 0 unspecified atom stereocenters. The molecule has 0 radical (unpaired) electrons. The molecule has 7 heteroatoms. The van der Waals surface area contributed by atoms with Crippen LogP contribution in [0, 0.1) is 18.3 Å². The smallest absolute Gasteiger partial charge is 0.249 e. The molecule has 2 heterocycles. The highest BCUT2D eigenvalue weighted by Crippen LogP contribution is 2.27. The number of carbonyl (C=O) groups excluding carboxylic acids is 2. The van der Waals surface area contributed by atoms with Crippen LogP contribution in [0.15, 0.2) is 36.5 Å². The van der Waals surface area contributed by atoms with Gasteiger partial charge in [-0.25, -0.2) is 4.98 Å². The predicted molar refractivity (Wildman–Crippen MR) is 110 cm³/mol. The molecule has 7 nitrogen and oxygen atoms in total. The van der Waals surface area contributed by atoms with E-state index >= 15 is 0 Å². The quantitative estimate of drug-likeness (QED) is 0.653. The lowest BCUT2D eigenvalue weighted by Crippen LogP contribution is -2.50. The molecule has 2 aromatic rings. The summed E-state index contributed by atoms with van der Waals surface area (Å²) in [6.07, 6.45) is 9.77. The number of hydrogen-bond donors (Lipinski definition) is 3. The molecule has 3 rings (SSSR count). The first-order valence-electron chi connectivity index (χ1n) is 9.48. The van der Waals surface area contributed by atoms with Gasteiger partial charge in [0.15, 0.2) is 5.82 Å². The normalized spacial score (nSPS) is 14.4. The number of terminal acetylenes is 1. The van der Waals surface area contributed by atoms with Gasteiger partial charge in [0, 0.05) is 12.1 Å². The van der Waals surface area contributed by atoms with Crippen molar-refractivity contribution in [2.24, 2.45) is 5.92 Å². The van der Waals surface area contributed by atoms with Crippen molar-refractivity contribution in [2.45, 2.75) is 26.3 Å². The maximum atomic E-state index is 13.1. The molecule has 3 N–H and O–H groups in total. The number of imidazole rings is 1. The summed E-state index contributed by atoms with van der Waals surface area (Å²) in [5.41, 5.74) is 3.24. The second-order valence-electron chi connectivity index (χ2n) is 7.18. The molecule has 0 spiro atoms. The molecule has 1 aliphatic rings. The highest BCUT2D eigenvalue weighted by atomic mass is 16.3. The zero-order chi connectivity index (χ0) is 21.0. The Morgan fingerprint density at radius 3 is 2.69 bits per heavy atom. The van der Waals surface area contributed by atoms with E-state index in [1.165, 1.54) is 0 Å². The third kappa shape index (κ3) is 4.39. The van der Waals surface area contributed by atoms with Gasteiger partial charge in [-0.3, -0.25) is 9.59 Å². The Kier molecular flexibility index (Phi) is 6.15. The van der Waals surface area contributed by atoms with Crippen LogP contribution in [0.5, 0.6) is 0 Å². The van der Waals surface area contributed by atoms with Crippen LogP contribution >= 0.6 is 0 Å². The van der Waals surface area contributed by atoms with Crippen LogP contribution in [-0.4, -0.2) is 51.0 Å². The number of aromatic amines is 1. The number of rotatable bonds is 6. The molecule has 29 heavy (non-hydrogen) atoms. The lowest BCUT2D eigenvalue weighted by atomic mass is 10.0. The van der Waals surface area contributed by atoms with Crippen LogP contribution in [0.1, 0.15) is 31.7 Å². The van der Waals surface area contributed by atoms with E-state index in [2.05, 4.69) is 21.2 Å². The molecule has 1 aromatic heterocycles. The minimum Gasteiger partial charge on any atom is -0.387 e. The fraction of sp³-hybridized carbons (Fsp3) is 0.318. The maximum Gasteiger partial charge on any atom is 0.249 e. The standard InChI is InChI=1S/C22H24N4O3/c1-4-15-7-9-16(10-8-15)17-12-23-21(24-17)18-6-5-11-26(18)22(29)20(14(2)3)25-19(28)13-27/h1,6-10,12,14,20,27H,5,11,13H2,2-3H3,(H,23,24)(H,25,28)/t20-/m0/s1. The third-order valence-electron chi connectivity index (χ3n) is 4.82. The molecule has 0 fully saturated rings. The molecule has 0 bridgehead atoms. The van der Waals surface area contributed by atoms with Crippen LogP contribution in [0.4, 0.5) is 0 Å². The molecule has 1 aliphatic heterocycles. The minimum atomic E-state index is -0.720. The number of aliphatic hydroxyl groups is 1. The van der Waals surface area contributed by atoms with E-state index in [1.807, 2.05) is 44.2 Å². The van der Waals surface area contributed by atoms with Crippen molar-refractivity contribution in [2.75, 3.05) is 13.2 Å². The average molecular weight is 392 g/mol. The highest BCUT2D eigenvalue weighted by Gasteiger charge is 2.33. The van der Waals surface area contributed by atoms with Crippen molar-refractivity contribution in [1.82, 2.24) is 20.2 Å². The number of carbonyl (C=O) groups is 2. The number of benzene rings is 1. The van der Waals surface area contributed by atoms with Crippen LogP contribution < -0.4 is 5.32 Å². The van der Waals surface area contributed by atoms with Crippen LogP contribution in [-0.2, 0) is 9.59 Å². The molecular weight excluding hydrogens is 368 g/mol. The van der Waals surface area contributed by atoms with Crippen molar-refractivity contribution in [3.63, 3.8) is 0 Å². The number of H-pyrrole nitrogens is 1. The second kappa shape index (κ2) is 8.76. The highest BCUT2D eigenvalue weighted by molar-refractivity contribution is 5.93. The first kappa shape index (κ1) is 20.4. The number of amides is 2. The van der Waals surface area contributed by atoms with Gasteiger partial charge in [-0.15, -0.1) is 6.42 Å². The number of aliphatic hydroxyl groups excluding tert-OH is 1. The van der Waals surface area contributed by atoms with Gasteiger partial charge >= 0.3 is 0 Å². The summed E-state index contributed by atoms with van der Waals surface area (Å²) in [7, 11) is 0. The SMILES string of the molecule is C#Cc1ccc(-c2cnc(C3=CCCN3C(=O)[C@@H](NC(=O)CO)C(C)C)[nH]2)cc1. The zero-order valence-corrected chi connectivity index (χ0v) is 16.5. The third-order valence-corrected chi connectivity index (χ3v) is 4.82. The lowest BCUT2D eigenvalue weighted by Gasteiger charge is -2.28. The van der Waals surface area contributed by atoms with E-state index in [9.17, 15) is 9.59 Å². The van der Waals surface area contributed by atoms with E-state index in [0.29, 0.717) is 24.5 Å². The van der Waals surface area contributed by atoms with Gasteiger partial charge in [-0.2, -0.15) is 0 Å². The van der Waals surface area contributed by atoms with E-state index in [-0.39, 0.29) is 11.8 Å². The van der Waals surface area contributed by atoms with Gasteiger partial charge in [0.2, 0.25) is 11.8 Å². The van der Waals surface area contributed by atoms with Crippen molar-refractivity contribution in [3.8, 4) is 23.6 Å². The monoisotopic (exact) mass is 392 g/mol. The Morgan fingerprint density at radius 1 is 1.34 bits per heavy atom. The Bertz CT molecular complexity index is 967. The van der Waals surface area contributed by atoms with Gasteiger partial charge < -0.3 is 20.3 Å². The summed E-state index contributed by atoms with van der Waals surface area (Å²) >= 11 is 0. The molecule has 2 amide bonds. The van der Waals surface area contributed by atoms with Gasteiger partial charge in [0.25, 0.3) is 0 Å². The predicted octanol–water partition coefficient (Wildman–Crippen LogP) is 1.76. The number of nitrogens with one attached hydrogen (secondary N) is 2. The minimum absolute atomic E-state index is 0.123. The molecule has 1 atom stereocenters. The summed E-state index contributed by atoms with van der Waals surface area (Å²) in [5.74, 6) is 2.26. The number of aromatic nitrogens is 2. The Labute approximate surface area is 169 Å². The lowest BCUT2D eigenvalue weighted by molar-refractivity contribution is -0.135. The van der Waals surface area contributed by atoms with Crippen LogP contribution in [0.25, 0.3) is 17.0 Å². The summed E-state index contributed by atoms with van der Waals surface area (Å²) in [6.45, 7) is 3.56. The Balaban J connectivity index is 1.81. The fourth-order valence-electron chi connectivity index (χ4n) is 3.26. The topological polar surface area (TPSA) is 98.3 Å². The summed E-state index contributed by atoms with van der Waals surface area (Å²) in [5, 5.41) is 11.6. The largest absolute Gasteiger partial charge is 0.387 e. The molecular formula is C22H24N4O3. The summed E-state index contributed by atoms with van der Waals surface area (Å²) < 4.78 is 0. The van der Waals surface area contributed by atoms with Crippen molar-refractivity contribution < 1.29 is 14.7 Å². The Morgan fingerprint density at radius 2 is 2.07 bits per heavy atom. The summed E-state index contributed by atoms with van der Waals surface area (Å²) in [6, 6.07) is 6.83.